The van der Waals surface area contributed by atoms with Gasteiger partial charge in [0.05, 0.1) is 0 Å². The number of carbonyl (C=O) groups excluding carboxylic acids is 2. The van der Waals surface area contributed by atoms with Crippen molar-refractivity contribution in [2.45, 2.75) is 19.5 Å². The monoisotopic (exact) mass is 422 g/mol. The van der Waals surface area contributed by atoms with E-state index in [1.165, 1.54) is 30.1 Å². The molecule has 26 heavy (non-hydrogen) atoms. The van der Waals surface area contributed by atoms with Crippen molar-refractivity contribution in [1.29, 1.82) is 0 Å². The van der Waals surface area contributed by atoms with Crippen molar-refractivity contribution < 1.29 is 18.7 Å². The van der Waals surface area contributed by atoms with Crippen molar-refractivity contribution >= 4 is 27.7 Å². The second kappa shape index (κ2) is 9.33. The number of likely N-dealkylation sites (N-methyl/N-ethyl adjacent to an activating group) is 1. The lowest BCUT2D eigenvalue weighted by molar-refractivity contribution is -0.142. The molecule has 2 aromatic carbocycles. The topological polar surface area (TPSA) is 58.6 Å². The van der Waals surface area contributed by atoms with Gasteiger partial charge in [0.25, 0.3) is 5.91 Å². The minimum Gasteiger partial charge on any atom is -0.481 e. The number of nitrogens with one attached hydrogen (secondary N) is 1. The van der Waals surface area contributed by atoms with E-state index in [1.807, 2.05) is 24.3 Å². The van der Waals surface area contributed by atoms with Gasteiger partial charge in [0, 0.05) is 18.1 Å². The number of ether oxygens (including phenoxy) is 1. The van der Waals surface area contributed by atoms with Crippen LogP contribution in [-0.2, 0) is 16.1 Å². The van der Waals surface area contributed by atoms with Crippen molar-refractivity contribution in [2.75, 3.05) is 13.7 Å². The van der Waals surface area contributed by atoms with Gasteiger partial charge < -0.3 is 15.0 Å². The Bertz CT molecular complexity index is 785. The van der Waals surface area contributed by atoms with Crippen LogP contribution in [0.3, 0.4) is 0 Å². The first kappa shape index (κ1) is 19.9. The lowest BCUT2D eigenvalue weighted by atomic mass is 10.1. The lowest BCUT2D eigenvalue weighted by Crippen LogP contribution is -2.48. The van der Waals surface area contributed by atoms with Gasteiger partial charge in [-0.15, -0.1) is 0 Å². The van der Waals surface area contributed by atoms with Crippen LogP contribution in [0.2, 0.25) is 0 Å². The van der Waals surface area contributed by atoms with E-state index in [1.54, 1.807) is 13.0 Å². The molecule has 5 nitrogen and oxygen atoms in total. The Kier molecular flexibility index (Phi) is 7.15. The Morgan fingerprint density at radius 3 is 2.62 bits per heavy atom. The molecule has 0 aliphatic rings. The van der Waals surface area contributed by atoms with Gasteiger partial charge in [-0.2, -0.15) is 0 Å². The number of hydrogen-bond donors (Lipinski definition) is 1. The summed E-state index contributed by atoms with van der Waals surface area (Å²) in [6, 6.07) is 12.6. The molecule has 2 aromatic rings. The molecule has 138 valence electrons. The molecule has 1 atom stereocenters. The van der Waals surface area contributed by atoms with E-state index < -0.39 is 17.8 Å². The number of para-hydroxylation sites is 1. The second-order valence-electron chi connectivity index (χ2n) is 5.66. The molecule has 0 bridgehead atoms. The number of halogens is 2. The first-order chi connectivity index (χ1) is 12.4. The predicted molar refractivity (Wildman–Crippen MR) is 100 cm³/mol. The number of nitrogens with zero attached hydrogens (tertiary/aromatic N) is 1. The van der Waals surface area contributed by atoms with Crippen LogP contribution in [0.1, 0.15) is 12.5 Å². The molecule has 7 heteroatoms. The largest absolute Gasteiger partial charge is 0.481 e. The van der Waals surface area contributed by atoms with Crippen molar-refractivity contribution in [1.82, 2.24) is 10.2 Å². The van der Waals surface area contributed by atoms with Crippen molar-refractivity contribution in [3.63, 3.8) is 0 Å². The summed E-state index contributed by atoms with van der Waals surface area (Å²) < 4.78 is 19.8. The molecule has 0 aromatic heterocycles. The first-order valence-electron chi connectivity index (χ1n) is 8.05. The molecule has 0 saturated carbocycles. The molecule has 0 fully saturated rings. The molecule has 0 aliphatic carbocycles. The molecule has 0 saturated heterocycles. The fourth-order valence-corrected chi connectivity index (χ4v) is 2.85. The lowest BCUT2D eigenvalue weighted by Gasteiger charge is -2.28. The molecule has 0 spiro atoms. The van der Waals surface area contributed by atoms with Crippen molar-refractivity contribution in [3.8, 4) is 5.75 Å². The highest BCUT2D eigenvalue weighted by atomic mass is 79.9. The Hall–Kier alpha value is -2.41. The number of rotatable bonds is 7. The molecule has 0 heterocycles. The summed E-state index contributed by atoms with van der Waals surface area (Å²) in [6.45, 7) is 1.50. The number of amides is 2. The van der Waals surface area contributed by atoms with E-state index in [2.05, 4.69) is 21.2 Å². The molecule has 2 rings (SSSR count). The number of benzene rings is 2. The van der Waals surface area contributed by atoms with Gasteiger partial charge in [0.1, 0.15) is 6.04 Å². The highest BCUT2D eigenvalue weighted by Gasteiger charge is 2.26. The molecule has 2 amide bonds. The molecular formula is C19H20BrFN2O3. The maximum absolute atomic E-state index is 13.7. The van der Waals surface area contributed by atoms with Crippen LogP contribution in [0.4, 0.5) is 4.39 Å². The van der Waals surface area contributed by atoms with Crippen LogP contribution in [-0.4, -0.2) is 36.4 Å². The summed E-state index contributed by atoms with van der Waals surface area (Å²) in [6.07, 6.45) is 0. The van der Waals surface area contributed by atoms with Crippen LogP contribution >= 0.6 is 15.9 Å². The van der Waals surface area contributed by atoms with E-state index in [-0.39, 0.29) is 24.8 Å². The second-order valence-corrected chi connectivity index (χ2v) is 6.58. The van der Waals surface area contributed by atoms with Gasteiger partial charge in [-0.1, -0.05) is 40.2 Å². The summed E-state index contributed by atoms with van der Waals surface area (Å²) in [5.74, 6) is -1.25. The molecular weight excluding hydrogens is 403 g/mol. The fraction of sp³-hybridized carbons (Fsp3) is 0.263. The van der Waals surface area contributed by atoms with Gasteiger partial charge in [0.2, 0.25) is 5.91 Å². The Balaban J connectivity index is 2.15. The van der Waals surface area contributed by atoms with Gasteiger partial charge >= 0.3 is 0 Å². The molecule has 1 N–H and O–H groups in total. The van der Waals surface area contributed by atoms with Crippen molar-refractivity contribution in [2.24, 2.45) is 0 Å². The third-order valence-electron chi connectivity index (χ3n) is 3.84. The Morgan fingerprint density at radius 1 is 1.23 bits per heavy atom. The van der Waals surface area contributed by atoms with E-state index in [0.717, 1.165) is 10.0 Å². The quantitative estimate of drug-likeness (QED) is 0.745. The average Bonchev–Trinajstić information content (AvgIpc) is 2.64. The molecule has 0 radical (unpaired) electrons. The number of carbonyl (C=O) groups is 2. The maximum atomic E-state index is 13.7. The third-order valence-corrected chi connectivity index (χ3v) is 4.34. The summed E-state index contributed by atoms with van der Waals surface area (Å²) in [5.41, 5.74) is 0.856. The Morgan fingerprint density at radius 2 is 1.96 bits per heavy atom. The highest BCUT2D eigenvalue weighted by Crippen LogP contribution is 2.17. The van der Waals surface area contributed by atoms with E-state index in [4.69, 9.17) is 4.74 Å². The normalized spacial score (nSPS) is 11.5. The zero-order valence-electron chi connectivity index (χ0n) is 14.5. The van der Waals surface area contributed by atoms with E-state index >= 15 is 0 Å². The molecule has 1 unspecified atom stereocenters. The SMILES string of the molecule is CNC(=O)C(C)N(Cc1cccc(Br)c1)C(=O)COc1ccccc1F. The van der Waals surface area contributed by atoms with Crippen LogP contribution in [0.25, 0.3) is 0 Å². The number of hydrogen-bond acceptors (Lipinski definition) is 3. The van der Waals surface area contributed by atoms with E-state index in [9.17, 15) is 14.0 Å². The minimum absolute atomic E-state index is 0.00384. The average molecular weight is 423 g/mol. The molecule has 0 aliphatic heterocycles. The smallest absolute Gasteiger partial charge is 0.261 e. The first-order valence-corrected chi connectivity index (χ1v) is 8.84. The highest BCUT2D eigenvalue weighted by molar-refractivity contribution is 9.10. The van der Waals surface area contributed by atoms with Gasteiger partial charge in [0.15, 0.2) is 18.2 Å². The van der Waals surface area contributed by atoms with Crippen LogP contribution < -0.4 is 10.1 Å². The summed E-state index contributed by atoms with van der Waals surface area (Å²) in [7, 11) is 1.51. The standard InChI is InChI=1S/C19H20BrFN2O3/c1-13(19(25)22-2)23(11-14-6-5-7-15(20)10-14)18(24)12-26-17-9-4-3-8-16(17)21/h3-10,13H,11-12H2,1-2H3,(H,22,25). The van der Waals surface area contributed by atoms with Crippen LogP contribution in [0.5, 0.6) is 5.75 Å². The van der Waals surface area contributed by atoms with E-state index in [0.29, 0.717) is 0 Å². The van der Waals surface area contributed by atoms with Gasteiger partial charge in [-0.25, -0.2) is 4.39 Å². The fourth-order valence-electron chi connectivity index (χ4n) is 2.41. The van der Waals surface area contributed by atoms with Crippen molar-refractivity contribution in [3.05, 3.63) is 64.4 Å². The summed E-state index contributed by atoms with van der Waals surface area (Å²) in [5, 5.41) is 2.54. The summed E-state index contributed by atoms with van der Waals surface area (Å²) in [4.78, 5) is 26.1. The van der Waals surface area contributed by atoms with Gasteiger partial charge in [-0.05, 0) is 36.8 Å². The van der Waals surface area contributed by atoms with Crippen LogP contribution in [0.15, 0.2) is 53.0 Å². The maximum Gasteiger partial charge on any atom is 0.261 e. The third kappa shape index (κ3) is 5.29. The minimum atomic E-state index is -0.698. The van der Waals surface area contributed by atoms with Crippen LogP contribution in [0, 0.1) is 5.82 Å². The zero-order valence-corrected chi connectivity index (χ0v) is 16.1. The Labute approximate surface area is 160 Å². The summed E-state index contributed by atoms with van der Waals surface area (Å²) >= 11 is 3.39. The zero-order chi connectivity index (χ0) is 19.1. The van der Waals surface area contributed by atoms with Gasteiger partial charge in [-0.3, -0.25) is 9.59 Å². The predicted octanol–water partition coefficient (Wildman–Crippen LogP) is 3.13.